The van der Waals surface area contributed by atoms with E-state index in [1.54, 1.807) is 0 Å². The number of aliphatic hydroxyl groups excluding tert-OH is 1. The Morgan fingerprint density at radius 2 is 1.85 bits per heavy atom. The monoisotopic (exact) mass is 182 g/mol. The molecule has 3 rings (SSSR count). The van der Waals surface area contributed by atoms with Crippen LogP contribution in [0.5, 0.6) is 0 Å². The molecule has 1 saturated heterocycles. The molecule has 1 heterocycles. The van der Waals surface area contributed by atoms with Crippen molar-refractivity contribution in [3.63, 3.8) is 0 Å². The van der Waals surface area contributed by atoms with Crippen LogP contribution in [0, 0.1) is 5.41 Å². The molecule has 2 nitrogen and oxygen atoms in total. The molecule has 3 aliphatic rings. The minimum Gasteiger partial charge on any atom is -0.393 e. The van der Waals surface area contributed by atoms with E-state index in [0.717, 1.165) is 6.42 Å². The second kappa shape index (κ2) is 2.12. The highest BCUT2D eigenvalue weighted by molar-refractivity contribution is 5.13. The van der Waals surface area contributed by atoms with Crippen LogP contribution in [0.25, 0.3) is 0 Å². The summed E-state index contributed by atoms with van der Waals surface area (Å²) in [7, 11) is 0. The standard InChI is InChI=1S/C11H18O2/c1-9(8-12)6-10(2-3-10)7-11(13-9)4-5-11/h12H,2-8H2,1H3. The molecule has 2 aliphatic carbocycles. The van der Waals surface area contributed by atoms with E-state index >= 15 is 0 Å². The largest absolute Gasteiger partial charge is 0.393 e. The van der Waals surface area contributed by atoms with Crippen LogP contribution in [0.3, 0.4) is 0 Å². The van der Waals surface area contributed by atoms with Crippen LogP contribution in [0.2, 0.25) is 0 Å². The van der Waals surface area contributed by atoms with Gasteiger partial charge in [-0.25, -0.2) is 0 Å². The number of aliphatic hydroxyl groups is 1. The van der Waals surface area contributed by atoms with Crippen LogP contribution in [0.15, 0.2) is 0 Å². The van der Waals surface area contributed by atoms with E-state index in [1.807, 2.05) is 0 Å². The second-order valence-electron chi connectivity index (χ2n) is 5.75. The molecule has 1 atom stereocenters. The third-order valence-corrected chi connectivity index (χ3v) is 4.01. The molecule has 0 aromatic rings. The molecule has 1 unspecified atom stereocenters. The van der Waals surface area contributed by atoms with Crippen molar-refractivity contribution >= 4 is 0 Å². The molecule has 0 aromatic heterocycles. The molecule has 2 heteroatoms. The fourth-order valence-corrected chi connectivity index (χ4v) is 3.17. The van der Waals surface area contributed by atoms with Gasteiger partial charge in [0.25, 0.3) is 0 Å². The maximum Gasteiger partial charge on any atom is 0.0896 e. The highest BCUT2D eigenvalue weighted by Crippen LogP contribution is 2.66. The Hall–Kier alpha value is -0.0800. The van der Waals surface area contributed by atoms with Gasteiger partial charge in [0.15, 0.2) is 0 Å². The summed E-state index contributed by atoms with van der Waals surface area (Å²) >= 11 is 0. The molecule has 13 heavy (non-hydrogen) atoms. The molecule has 1 aliphatic heterocycles. The van der Waals surface area contributed by atoms with Gasteiger partial charge >= 0.3 is 0 Å². The predicted molar refractivity (Wildman–Crippen MR) is 49.4 cm³/mol. The van der Waals surface area contributed by atoms with Gasteiger partial charge in [-0.05, 0) is 50.9 Å². The summed E-state index contributed by atoms with van der Waals surface area (Å²) in [5, 5.41) is 9.35. The zero-order chi connectivity index (χ0) is 9.16. The van der Waals surface area contributed by atoms with Crippen molar-refractivity contribution in [3.8, 4) is 0 Å². The first-order valence-electron chi connectivity index (χ1n) is 5.41. The average Bonchev–Trinajstić information content (AvgIpc) is 2.95. The molecule has 1 N–H and O–H groups in total. The van der Waals surface area contributed by atoms with Gasteiger partial charge in [0.05, 0.1) is 17.8 Å². The third-order valence-electron chi connectivity index (χ3n) is 4.01. The van der Waals surface area contributed by atoms with Crippen LogP contribution in [0.1, 0.15) is 45.4 Å². The van der Waals surface area contributed by atoms with Crippen molar-refractivity contribution in [2.75, 3.05) is 6.61 Å². The molecule has 0 aromatic carbocycles. The van der Waals surface area contributed by atoms with Crippen molar-refractivity contribution in [2.24, 2.45) is 5.41 Å². The Balaban J connectivity index is 1.85. The quantitative estimate of drug-likeness (QED) is 0.670. The van der Waals surface area contributed by atoms with Gasteiger partial charge in [0, 0.05) is 0 Å². The molecule has 2 saturated carbocycles. The number of rotatable bonds is 1. The van der Waals surface area contributed by atoms with Gasteiger partial charge in [-0.15, -0.1) is 0 Å². The van der Waals surface area contributed by atoms with Crippen LogP contribution in [-0.4, -0.2) is 22.9 Å². The molecule has 0 bridgehead atoms. The SMILES string of the molecule is CC1(CO)CC2(CC2)CC2(CC2)O1. The number of ether oxygens (including phenoxy) is 1. The van der Waals surface area contributed by atoms with E-state index in [4.69, 9.17) is 4.74 Å². The Morgan fingerprint density at radius 3 is 2.31 bits per heavy atom. The van der Waals surface area contributed by atoms with Crippen molar-refractivity contribution in [1.29, 1.82) is 0 Å². The summed E-state index contributed by atoms with van der Waals surface area (Å²) in [6, 6.07) is 0. The summed E-state index contributed by atoms with van der Waals surface area (Å²) in [5.74, 6) is 0. The third kappa shape index (κ3) is 1.23. The van der Waals surface area contributed by atoms with Crippen molar-refractivity contribution in [1.82, 2.24) is 0 Å². The lowest BCUT2D eigenvalue weighted by Gasteiger charge is -2.42. The second-order valence-corrected chi connectivity index (χ2v) is 5.75. The van der Waals surface area contributed by atoms with Gasteiger partial charge < -0.3 is 9.84 Å². The van der Waals surface area contributed by atoms with Crippen molar-refractivity contribution < 1.29 is 9.84 Å². The minimum atomic E-state index is -0.231. The molecular weight excluding hydrogens is 164 g/mol. The number of hydrogen-bond acceptors (Lipinski definition) is 2. The summed E-state index contributed by atoms with van der Waals surface area (Å²) in [6.07, 6.45) is 7.55. The van der Waals surface area contributed by atoms with E-state index in [2.05, 4.69) is 6.92 Å². The maximum atomic E-state index is 9.35. The average molecular weight is 182 g/mol. The topological polar surface area (TPSA) is 29.5 Å². The number of hydrogen-bond donors (Lipinski definition) is 1. The van der Waals surface area contributed by atoms with E-state index < -0.39 is 0 Å². The highest BCUT2D eigenvalue weighted by atomic mass is 16.5. The van der Waals surface area contributed by atoms with Gasteiger partial charge in [-0.3, -0.25) is 0 Å². The van der Waals surface area contributed by atoms with E-state index in [-0.39, 0.29) is 17.8 Å². The zero-order valence-corrected chi connectivity index (χ0v) is 8.31. The van der Waals surface area contributed by atoms with E-state index in [1.165, 1.54) is 32.1 Å². The molecule has 0 amide bonds. The minimum absolute atomic E-state index is 0.191. The lowest BCUT2D eigenvalue weighted by Crippen LogP contribution is -2.46. The van der Waals surface area contributed by atoms with Crippen LogP contribution in [-0.2, 0) is 4.74 Å². The van der Waals surface area contributed by atoms with E-state index in [9.17, 15) is 5.11 Å². The van der Waals surface area contributed by atoms with Gasteiger partial charge in [0.2, 0.25) is 0 Å². The van der Waals surface area contributed by atoms with Crippen LogP contribution >= 0.6 is 0 Å². The van der Waals surface area contributed by atoms with E-state index in [0.29, 0.717) is 5.41 Å². The molecule has 3 fully saturated rings. The summed E-state index contributed by atoms with van der Waals surface area (Å²) in [5.41, 5.74) is 0.545. The zero-order valence-electron chi connectivity index (χ0n) is 8.31. The lowest BCUT2D eigenvalue weighted by atomic mass is 9.81. The molecular formula is C11H18O2. The Labute approximate surface area is 79.3 Å². The summed E-state index contributed by atoms with van der Waals surface area (Å²) in [4.78, 5) is 0. The fraction of sp³-hybridized carbons (Fsp3) is 1.00. The predicted octanol–water partition coefficient (Wildman–Crippen LogP) is 1.86. The Kier molecular flexibility index (Phi) is 1.34. The van der Waals surface area contributed by atoms with Gasteiger partial charge in [-0.1, -0.05) is 0 Å². The highest BCUT2D eigenvalue weighted by Gasteiger charge is 2.62. The van der Waals surface area contributed by atoms with Gasteiger partial charge in [0.1, 0.15) is 0 Å². The first-order valence-corrected chi connectivity index (χ1v) is 5.41. The van der Waals surface area contributed by atoms with Crippen LogP contribution in [0.4, 0.5) is 0 Å². The lowest BCUT2D eigenvalue weighted by molar-refractivity contribution is -0.174. The van der Waals surface area contributed by atoms with Crippen LogP contribution < -0.4 is 0 Å². The summed E-state index contributed by atoms with van der Waals surface area (Å²) in [6.45, 7) is 2.27. The first kappa shape index (κ1) is 8.25. The first-order chi connectivity index (χ1) is 6.10. The smallest absolute Gasteiger partial charge is 0.0896 e. The fourth-order valence-electron chi connectivity index (χ4n) is 3.17. The summed E-state index contributed by atoms with van der Waals surface area (Å²) < 4.78 is 6.05. The molecule has 74 valence electrons. The molecule has 0 radical (unpaired) electrons. The van der Waals surface area contributed by atoms with Gasteiger partial charge in [-0.2, -0.15) is 0 Å². The Bertz CT molecular complexity index is 218. The maximum absolute atomic E-state index is 9.35. The van der Waals surface area contributed by atoms with Crippen molar-refractivity contribution in [2.45, 2.75) is 56.7 Å². The Morgan fingerprint density at radius 1 is 1.15 bits per heavy atom. The molecule has 2 spiro atoms. The normalized spacial score (nSPS) is 43.8. The van der Waals surface area contributed by atoms with Crippen molar-refractivity contribution in [3.05, 3.63) is 0 Å².